The first-order valence-corrected chi connectivity index (χ1v) is 8.24. The van der Waals surface area contributed by atoms with Crippen LogP contribution in [0.1, 0.15) is 27.7 Å². The summed E-state index contributed by atoms with van der Waals surface area (Å²) >= 11 is 5.27. The van der Waals surface area contributed by atoms with E-state index in [9.17, 15) is 24.6 Å². The molecular weight excluding hydrogens is 326 g/mol. The lowest BCUT2D eigenvalue weighted by atomic mass is 10.1. The molecule has 6 nitrogen and oxygen atoms in total. The van der Waals surface area contributed by atoms with Crippen molar-refractivity contribution >= 4 is 42.2 Å². The molecule has 1 fully saturated rings. The van der Waals surface area contributed by atoms with E-state index in [0.29, 0.717) is 11.3 Å². The van der Waals surface area contributed by atoms with Crippen molar-refractivity contribution in [2.45, 2.75) is 17.8 Å². The third-order valence-corrected chi connectivity index (χ3v) is 4.88. The van der Waals surface area contributed by atoms with Gasteiger partial charge in [0.1, 0.15) is 11.4 Å². The second kappa shape index (κ2) is 7.06. The zero-order valence-corrected chi connectivity index (χ0v) is 13.2. The summed E-state index contributed by atoms with van der Waals surface area (Å²) in [5, 5.41) is 18.0. The molecule has 8 heteroatoms. The standard InChI is InChI=1S/C14H15NO5S2/c16-11(5-6-21)15-10(14(19)20)7-22-12(15)8-3-1-2-4-9(8)13(17)18/h1-4,10,12,21H,5-7H2,(H,17,18)(H,19,20)/t10-,12?/m0/s1. The lowest BCUT2D eigenvalue weighted by Crippen LogP contribution is -2.43. The largest absolute Gasteiger partial charge is 0.480 e. The first kappa shape index (κ1) is 16.7. The SMILES string of the molecule is O=C(O)c1ccccc1C1SC[C@@H](C(=O)O)N1C(=O)CCS. The minimum absolute atomic E-state index is 0.0784. The van der Waals surface area contributed by atoms with Crippen molar-refractivity contribution in [3.8, 4) is 0 Å². The number of benzene rings is 1. The maximum atomic E-state index is 12.3. The number of carboxylic acid groups (broad SMARTS) is 2. The summed E-state index contributed by atoms with van der Waals surface area (Å²) < 4.78 is 0. The third-order valence-electron chi connectivity index (χ3n) is 3.36. The quantitative estimate of drug-likeness (QED) is 0.706. The number of carbonyl (C=O) groups excluding carboxylic acids is 1. The number of thioether (sulfide) groups is 1. The van der Waals surface area contributed by atoms with Crippen LogP contribution in [0.2, 0.25) is 0 Å². The number of hydrogen-bond donors (Lipinski definition) is 3. The van der Waals surface area contributed by atoms with Crippen LogP contribution in [-0.2, 0) is 9.59 Å². The molecular formula is C14H15NO5S2. The number of hydrogen-bond acceptors (Lipinski definition) is 5. The van der Waals surface area contributed by atoms with Crippen LogP contribution in [0.5, 0.6) is 0 Å². The first-order valence-electron chi connectivity index (χ1n) is 6.56. The van der Waals surface area contributed by atoms with Gasteiger partial charge in [0.15, 0.2) is 0 Å². The number of carboxylic acids is 2. The van der Waals surface area contributed by atoms with Crippen molar-refractivity contribution in [2.75, 3.05) is 11.5 Å². The predicted octanol–water partition coefficient (Wildman–Crippen LogP) is 1.73. The lowest BCUT2D eigenvalue weighted by molar-refractivity contribution is -0.149. The summed E-state index contributed by atoms with van der Waals surface area (Å²) in [4.78, 5) is 36.3. The van der Waals surface area contributed by atoms with E-state index in [2.05, 4.69) is 12.6 Å². The molecule has 22 heavy (non-hydrogen) atoms. The molecule has 1 aliphatic heterocycles. The number of rotatable bonds is 5. The van der Waals surface area contributed by atoms with Gasteiger partial charge < -0.3 is 15.1 Å². The minimum Gasteiger partial charge on any atom is -0.480 e. The summed E-state index contributed by atoms with van der Waals surface area (Å²) in [5.41, 5.74) is 0.519. The maximum absolute atomic E-state index is 12.3. The van der Waals surface area contributed by atoms with Crippen LogP contribution >= 0.6 is 24.4 Å². The van der Waals surface area contributed by atoms with Crippen LogP contribution in [0.3, 0.4) is 0 Å². The Morgan fingerprint density at radius 3 is 2.55 bits per heavy atom. The van der Waals surface area contributed by atoms with E-state index in [1.54, 1.807) is 18.2 Å². The topological polar surface area (TPSA) is 94.9 Å². The van der Waals surface area contributed by atoms with Crippen molar-refractivity contribution in [1.82, 2.24) is 4.90 Å². The number of aromatic carboxylic acids is 1. The van der Waals surface area contributed by atoms with Crippen molar-refractivity contribution in [3.63, 3.8) is 0 Å². The Bertz CT molecular complexity index is 607. The fourth-order valence-electron chi connectivity index (χ4n) is 2.37. The number of carbonyl (C=O) groups is 3. The van der Waals surface area contributed by atoms with Gasteiger partial charge in [-0.05, 0) is 17.4 Å². The molecule has 1 saturated heterocycles. The molecule has 1 unspecified atom stereocenters. The van der Waals surface area contributed by atoms with E-state index in [1.165, 1.54) is 22.7 Å². The van der Waals surface area contributed by atoms with E-state index < -0.39 is 23.4 Å². The lowest BCUT2D eigenvalue weighted by Gasteiger charge is -2.28. The molecule has 1 amide bonds. The van der Waals surface area contributed by atoms with Crippen molar-refractivity contribution in [2.24, 2.45) is 0 Å². The molecule has 0 radical (unpaired) electrons. The van der Waals surface area contributed by atoms with Gasteiger partial charge in [-0.3, -0.25) is 4.79 Å². The number of amides is 1. The maximum Gasteiger partial charge on any atom is 0.336 e. The van der Waals surface area contributed by atoms with Crippen LogP contribution < -0.4 is 0 Å². The van der Waals surface area contributed by atoms with Gasteiger partial charge in [0, 0.05) is 12.2 Å². The van der Waals surface area contributed by atoms with Gasteiger partial charge in [-0.1, -0.05) is 18.2 Å². The number of aliphatic carboxylic acids is 1. The fourth-order valence-corrected chi connectivity index (χ4v) is 4.04. The Morgan fingerprint density at radius 2 is 1.95 bits per heavy atom. The summed E-state index contributed by atoms with van der Waals surface area (Å²) in [6.45, 7) is 0. The van der Waals surface area contributed by atoms with E-state index in [0.717, 1.165) is 0 Å². The highest BCUT2D eigenvalue weighted by Gasteiger charge is 2.42. The Kier molecular flexibility index (Phi) is 5.36. The van der Waals surface area contributed by atoms with Gasteiger partial charge in [0.2, 0.25) is 5.91 Å². The smallest absolute Gasteiger partial charge is 0.336 e. The van der Waals surface area contributed by atoms with Gasteiger partial charge in [-0.15, -0.1) is 11.8 Å². The van der Waals surface area contributed by atoms with E-state index >= 15 is 0 Å². The van der Waals surface area contributed by atoms with Gasteiger partial charge >= 0.3 is 11.9 Å². The van der Waals surface area contributed by atoms with Crippen LogP contribution in [0.4, 0.5) is 0 Å². The third kappa shape index (κ3) is 3.22. The number of thiol groups is 1. The first-order chi connectivity index (χ1) is 10.5. The molecule has 0 aromatic heterocycles. The molecule has 2 N–H and O–H groups in total. The van der Waals surface area contributed by atoms with E-state index in [-0.39, 0.29) is 23.6 Å². The summed E-state index contributed by atoms with van der Waals surface area (Å²) in [6.07, 6.45) is 0.110. The van der Waals surface area contributed by atoms with Gasteiger partial charge in [0.05, 0.1) is 5.56 Å². The molecule has 2 atom stereocenters. The van der Waals surface area contributed by atoms with Gasteiger partial charge in [-0.2, -0.15) is 12.6 Å². The molecule has 118 valence electrons. The highest BCUT2D eigenvalue weighted by atomic mass is 32.2. The van der Waals surface area contributed by atoms with Crippen LogP contribution in [0, 0.1) is 0 Å². The minimum atomic E-state index is -1.10. The molecule has 0 spiro atoms. The predicted molar refractivity (Wildman–Crippen MR) is 85.3 cm³/mol. The normalized spacial score (nSPS) is 20.9. The Balaban J connectivity index is 2.43. The van der Waals surface area contributed by atoms with Crippen LogP contribution in [-0.4, -0.2) is 50.5 Å². The van der Waals surface area contributed by atoms with E-state index in [4.69, 9.17) is 0 Å². The average molecular weight is 341 g/mol. The zero-order chi connectivity index (χ0) is 16.3. The molecule has 0 saturated carbocycles. The van der Waals surface area contributed by atoms with E-state index in [1.807, 2.05) is 0 Å². The molecule has 1 heterocycles. The Morgan fingerprint density at radius 1 is 1.27 bits per heavy atom. The summed E-state index contributed by atoms with van der Waals surface area (Å²) in [7, 11) is 0. The molecule has 0 aliphatic carbocycles. The van der Waals surface area contributed by atoms with Crippen LogP contribution in [0.15, 0.2) is 24.3 Å². The molecule has 0 bridgehead atoms. The molecule has 2 rings (SSSR count). The Labute approximate surface area is 136 Å². The zero-order valence-electron chi connectivity index (χ0n) is 11.5. The Hall–Kier alpha value is -1.67. The highest BCUT2D eigenvalue weighted by molar-refractivity contribution is 7.99. The second-order valence-corrected chi connectivity index (χ2v) is 6.27. The van der Waals surface area contributed by atoms with Crippen molar-refractivity contribution in [1.29, 1.82) is 0 Å². The van der Waals surface area contributed by atoms with Gasteiger partial charge in [0.25, 0.3) is 0 Å². The fraction of sp³-hybridized carbons (Fsp3) is 0.357. The van der Waals surface area contributed by atoms with Gasteiger partial charge in [-0.25, -0.2) is 9.59 Å². The monoisotopic (exact) mass is 341 g/mol. The molecule has 1 aromatic rings. The molecule has 1 aliphatic rings. The van der Waals surface area contributed by atoms with Crippen molar-refractivity contribution in [3.05, 3.63) is 35.4 Å². The molecule has 1 aromatic carbocycles. The average Bonchev–Trinajstić information content (AvgIpc) is 2.92. The van der Waals surface area contributed by atoms with Crippen molar-refractivity contribution < 1.29 is 24.6 Å². The van der Waals surface area contributed by atoms with Crippen LogP contribution in [0.25, 0.3) is 0 Å². The summed E-state index contributed by atoms with van der Waals surface area (Å²) in [5.74, 6) is -1.99. The second-order valence-electron chi connectivity index (χ2n) is 4.71. The summed E-state index contributed by atoms with van der Waals surface area (Å²) in [6, 6.07) is 5.39. The number of nitrogens with zero attached hydrogens (tertiary/aromatic N) is 1. The highest BCUT2D eigenvalue weighted by Crippen LogP contribution is 2.43.